The first-order valence-electron chi connectivity index (χ1n) is 4.61. The van der Waals surface area contributed by atoms with Gasteiger partial charge in [-0.2, -0.15) is 4.72 Å². The number of nitrogens with one attached hydrogen (secondary N) is 1. The second-order valence-electron chi connectivity index (χ2n) is 3.31. The lowest BCUT2D eigenvalue weighted by Gasteiger charge is -2.11. The number of aryl methyl sites for hydroxylation is 1. The van der Waals surface area contributed by atoms with Crippen LogP contribution in [0.4, 0.5) is 0 Å². The van der Waals surface area contributed by atoms with Crippen molar-refractivity contribution in [2.75, 3.05) is 0 Å². The molecule has 10 heteroatoms. The lowest BCUT2D eigenvalue weighted by molar-refractivity contribution is -0.145. The number of carbonyl (C=O) groups is 2. The first-order chi connectivity index (χ1) is 8.22. The fourth-order valence-electron chi connectivity index (χ4n) is 1.07. The summed E-state index contributed by atoms with van der Waals surface area (Å²) in [5.74, 6) is -2.97. The number of thiazole rings is 1. The molecule has 1 aromatic heterocycles. The van der Waals surface area contributed by atoms with Crippen molar-refractivity contribution in [2.45, 2.75) is 23.6 Å². The Balaban J connectivity index is 2.93. The Kier molecular flexibility index (Phi) is 4.38. The van der Waals surface area contributed by atoms with Gasteiger partial charge >= 0.3 is 11.9 Å². The topological polar surface area (TPSA) is 134 Å². The number of aliphatic carboxylic acids is 2. The molecule has 18 heavy (non-hydrogen) atoms. The summed E-state index contributed by atoms with van der Waals surface area (Å²) in [4.78, 5) is 24.9. The van der Waals surface area contributed by atoms with Crippen LogP contribution in [0.1, 0.15) is 11.4 Å². The summed E-state index contributed by atoms with van der Waals surface area (Å²) < 4.78 is 25.1. The molecule has 0 aromatic carbocycles. The van der Waals surface area contributed by atoms with E-state index in [1.807, 2.05) is 4.72 Å². The first-order valence-corrected chi connectivity index (χ1v) is 6.91. The van der Waals surface area contributed by atoms with Crippen LogP contribution in [0.25, 0.3) is 0 Å². The molecule has 0 aliphatic heterocycles. The van der Waals surface area contributed by atoms with Crippen LogP contribution in [0, 0.1) is 6.92 Å². The highest BCUT2D eigenvalue weighted by Crippen LogP contribution is 2.18. The Labute approximate surface area is 106 Å². The summed E-state index contributed by atoms with van der Waals surface area (Å²) >= 11 is 0.865. The highest BCUT2D eigenvalue weighted by atomic mass is 32.2. The molecular formula is C8H10N2O6S2. The quantitative estimate of drug-likeness (QED) is 0.653. The molecule has 1 rings (SSSR count). The smallest absolute Gasteiger partial charge is 0.322 e. The summed E-state index contributed by atoms with van der Waals surface area (Å²) in [5.41, 5.74) is 0. The molecule has 0 aliphatic carbocycles. The minimum absolute atomic E-state index is 0.156. The highest BCUT2D eigenvalue weighted by molar-refractivity contribution is 7.91. The van der Waals surface area contributed by atoms with Crippen LogP contribution in [0.5, 0.6) is 0 Å². The Morgan fingerprint density at radius 1 is 1.50 bits per heavy atom. The van der Waals surface area contributed by atoms with E-state index in [9.17, 15) is 18.0 Å². The third-order valence-electron chi connectivity index (χ3n) is 1.84. The van der Waals surface area contributed by atoms with Crippen molar-refractivity contribution in [1.82, 2.24) is 9.71 Å². The molecular weight excluding hydrogens is 284 g/mol. The minimum Gasteiger partial charge on any atom is -0.481 e. The van der Waals surface area contributed by atoms with Crippen LogP contribution in [0.15, 0.2) is 10.4 Å². The normalized spacial score (nSPS) is 13.2. The van der Waals surface area contributed by atoms with Crippen molar-refractivity contribution < 1.29 is 28.2 Å². The third kappa shape index (κ3) is 3.75. The van der Waals surface area contributed by atoms with Gasteiger partial charge in [0.05, 0.1) is 17.6 Å². The van der Waals surface area contributed by atoms with E-state index < -0.39 is 34.4 Å². The van der Waals surface area contributed by atoms with Gasteiger partial charge in [-0.25, -0.2) is 13.4 Å². The van der Waals surface area contributed by atoms with Crippen molar-refractivity contribution >= 4 is 33.3 Å². The Bertz CT molecular complexity index is 564. The Morgan fingerprint density at radius 3 is 2.50 bits per heavy atom. The maximum atomic E-state index is 11.7. The Morgan fingerprint density at radius 2 is 2.11 bits per heavy atom. The molecule has 0 radical (unpaired) electrons. The van der Waals surface area contributed by atoms with E-state index in [1.165, 1.54) is 0 Å². The second kappa shape index (κ2) is 5.42. The number of hydrogen-bond acceptors (Lipinski definition) is 6. The molecule has 100 valence electrons. The van der Waals surface area contributed by atoms with E-state index in [0.717, 1.165) is 17.5 Å². The Hall–Kier alpha value is -1.52. The zero-order valence-corrected chi connectivity index (χ0v) is 10.8. The van der Waals surface area contributed by atoms with Gasteiger partial charge < -0.3 is 10.2 Å². The molecule has 3 N–H and O–H groups in total. The number of rotatable bonds is 6. The van der Waals surface area contributed by atoms with Gasteiger partial charge in [0.1, 0.15) is 6.04 Å². The molecule has 1 aromatic rings. The van der Waals surface area contributed by atoms with Crippen LogP contribution >= 0.6 is 11.3 Å². The molecule has 0 aliphatic rings. The molecule has 0 bridgehead atoms. The van der Waals surface area contributed by atoms with Crippen molar-refractivity contribution in [3.05, 3.63) is 11.2 Å². The fraction of sp³-hybridized carbons (Fsp3) is 0.375. The largest absolute Gasteiger partial charge is 0.481 e. The number of carboxylic acid groups (broad SMARTS) is 2. The minimum atomic E-state index is -4.07. The van der Waals surface area contributed by atoms with Crippen LogP contribution in [0.3, 0.4) is 0 Å². The standard InChI is InChI=1S/C8H10N2O6S2/c1-4-9-3-7(17-4)18(15,16)10-5(8(13)14)2-6(11)12/h3,5,10H,2H2,1H3,(H,11,12)(H,13,14). The van der Waals surface area contributed by atoms with Gasteiger partial charge in [0.2, 0.25) is 0 Å². The predicted molar refractivity (Wildman–Crippen MR) is 60.8 cm³/mol. The zero-order chi connectivity index (χ0) is 13.9. The molecule has 1 heterocycles. The van der Waals surface area contributed by atoms with Gasteiger partial charge in [0, 0.05) is 0 Å². The lowest BCUT2D eigenvalue weighted by Crippen LogP contribution is -2.41. The zero-order valence-electron chi connectivity index (χ0n) is 9.15. The number of nitrogens with zero attached hydrogens (tertiary/aromatic N) is 1. The van der Waals surface area contributed by atoms with Crippen LogP contribution < -0.4 is 4.72 Å². The van der Waals surface area contributed by atoms with Crippen molar-refractivity contribution in [2.24, 2.45) is 0 Å². The van der Waals surface area contributed by atoms with E-state index in [-0.39, 0.29) is 4.21 Å². The van der Waals surface area contributed by atoms with E-state index in [0.29, 0.717) is 5.01 Å². The fourth-order valence-corrected chi connectivity index (χ4v) is 3.38. The van der Waals surface area contributed by atoms with Gasteiger partial charge in [-0.1, -0.05) is 0 Å². The van der Waals surface area contributed by atoms with Crippen LogP contribution in [0.2, 0.25) is 0 Å². The van der Waals surface area contributed by atoms with Crippen molar-refractivity contribution in [3.8, 4) is 0 Å². The molecule has 8 nitrogen and oxygen atoms in total. The first kappa shape index (κ1) is 14.5. The monoisotopic (exact) mass is 294 g/mol. The van der Waals surface area contributed by atoms with Gasteiger partial charge in [-0.15, -0.1) is 11.3 Å². The number of hydrogen-bond donors (Lipinski definition) is 3. The molecule has 0 saturated carbocycles. The van der Waals surface area contributed by atoms with Gasteiger partial charge in [0.25, 0.3) is 10.0 Å². The molecule has 0 amide bonds. The van der Waals surface area contributed by atoms with Gasteiger partial charge in [-0.3, -0.25) is 9.59 Å². The predicted octanol–water partition coefficient (Wildman–Crippen LogP) is -0.342. The summed E-state index contributed by atoms with van der Waals surface area (Å²) in [7, 11) is -4.07. The molecule has 1 atom stereocenters. The SMILES string of the molecule is Cc1ncc(S(=O)(=O)NC(CC(=O)O)C(=O)O)s1. The highest BCUT2D eigenvalue weighted by Gasteiger charge is 2.28. The summed E-state index contributed by atoms with van der Waals surface area (Å²) in [6.07, 6.45) is 0.244. The average Bonchev–Trinajstić information content (AvgIpc) is 2.63. The molecule has 0 fully saturated rings. The number of carboxylic acids is 2. The lowest BCUT2D eigenvalue weighted by atomic mass is 10.2. The molecule has 0 saturated heterocycles. The summed E-state index contributed by atoms with van der Waals surface area (Å²) in [6.45, 7) is 1.59. The second-order valence-corrected chi connectivity index (χ2v) is 6.48. The number of sulfonamides is 1. The summed E-state index contributed by atoms with van der Waals surface area (Å²) in [5, 5.41) is 17.7. The van der Waals surface area contributed by atoms with Gasteiger partial charge in [-0.05, 0) is 6.92 Å². The van der Waals surface area contributed by atoms with Crippen LogP contribution in [-0.2, 0) is 19.6 Å². The number of aromatic nitrogens is 1. The summed E-state index contributed by atoms with van der Waals surface area (Å²) in [6, 6.07) is -1.71. The maximum absolute atomic E-state index is 11.7. The van der Waals surface area contributed by atoms with E-state index in [4.69, 9.17) is 10.2 Å². The maximum Gasteiger partial charge on any atom is 0.322 e. The third-order valence-corrected chi connectivity index (χ3v) is 4.68. The molecule has 0 spiro atoms. The van der Waals surface area contributed by atoms with Crippen LogP contribution in [-0.4, -0.2) is 41.6 Å². The van der Waals surface area contributed by atoms with Crippen molar-refractivity contribution in [3.63, 3.8) is 0 Å². The van der Waals surface area contributed by atoms with E-state index >= 15 is 0 Å². The van der Waals surface area contributed by atoms with E-state index in [2.05, 4.69) is 4.98 Å². The van der Waals surface area contributed by atoms with Gasteiger partial charge in [0.15, 0.2) is 4.21 Å². The van der Waals surface area contributed by atoms with E-state index in [1.54, 1.807) is 6.92 Å². The average molecular weight is 294 g/mol. The van der Waals surface area contributed by atoms with Crippen molar-refractivity contribution in [1.29, 1.82) is 0 Å². The molecule has 1 unspecified atom stereocenters.